The second-order valence-electron chi connectivity index (χ2n) is 2.91. The average molecular weight is 219 g/mol. The summed E-state index contributed by atoms with van der Waals surface area (Å²) in [5, 5.41) is 18.1. The third kappa shape index (κ3) is 2.17. The molecule has 1 N–H and O–H groups in total. The van der Waals surface area contributed by atoms with Crippen LogP contribution in [-0.4, -0.2) is 24.0 Å². The van der Waals surface area contributed by atoms with Crippen LogP contribution in [0.25, 0.3) is 0 Å². The molecular formula is C11H9NO4. The topological polar surface area (TPSA) is 87.4 Å². The molecule has 0 aliphatic rings. The number of nitriles is 1. The quantitative estimate of drug-likeness (QED) is 0.610. The smallest absolute Gasteiger partial charge is 0.339 e. The van der Waals surface area contributed by atoms with Crippen molar-refractivity contribution in [2.75, 3.05) is 6.61 Å². The van der Waals surface area contributed by atoms with E-state index in [0.717, 1.165) is 12.1 Å². The summed E-state index contributed by atoms with van der Waals surface area (Å²) >= 11 is 0. The third-order valence-corrected chi connectivity index (χ3v) is 1.89. The fourth-order valence-corrected chi connectivity index (χ4v) is 1.24. The Bertz CT molecular complexity index is 474. The number of phenols is 1. The van der Waals surface area contributed by atoms with E-state index in [4.69, 9.17) is 10.00 Å². The number of carbonyl (C=O) groups excluding carboxylic acids is 2. The summed E-state index contributed by atoms with van der Waals surface area (Å²) in [6, 6.07) is 3.96. The maximum absolute atomic E-state index is 11.4. The number of ether oxygens (including phenoxy) is 1. The molecule has 0 saturated heterocycles. The lowest BCUT2D eigenvalue weighted by Gasteiger charge is -2.06. The minimum Gasteiger partial charge on any atom is -0.508 e. The molecule has 0 saturated carbocycles. The molecule has 0 amide bonds. The van der Waals surface area contributed by atoms with Crippen molar-refractivity contribution in [1.82, 2.24) is 0 Å². The van der Waals surface area contributed by atoms with Crippen molar-refractivity contribution in [3.63, 3.8) is 0 Å². The highest BCUT2D eigenvalue weighted by Crippen LogP contribution is 2.21. The molecule has 5 nitrogen and oxygen atoms in total. The molecule has 82 valence electrons. The molecule has 1 aromatic carbocycles. The van der Waals surface area contributed by atoms with Crippen LogP contribution >= 0.6 is 0 Å². The third-order valence-electron chi connectivity index (χ3n) is 1.89. The SMILES string of the molecule is CCOC(=O)c1cc(O)cc(C=O)c1C#N. The Kier molecular flexibility index (Phi) is 3.62. The molecule has 16 heavy (non-hydrogen) atoms. The summed E-state index contributed by atoms with van der Waals surface area (Å²) in [7, 11) is 0. The van der Waals surface area contributed by atoms with E-state index in [-0.39, 0.29) is 29.0 Å². The number of aldehydes is 1. The first kappa shape index (κ1) is 11.7. The fourth-order valence-electron chi connectivity index (χ4n) is 1.24. The van der Waals surface area contributed by atoms with Crippen molar-refractivity contribution in [3.8, 4) is 11.8 Å². The van der Waals surface area contributed by atoms with Crippen molar-refractivity contribution < 1.29 is 19.4 Å². The Labute approximate surface area is 91.9 Å². The van der Waals surface area contributed by atoms with Crippen molar-refractivity contribution in [2.24, 2.45) is 0 Å². The molecule has 0 radical (unpaired) electrons. The molecule has 0 heterocycles. The largest absolute Gasteiger partial charge is 0.508 e. The zero-order valence-electron chi connectivity index (χ0n) is 8.56. The van der Waals surface area contributed by atoms with E-state index >= 15 is 0 Å². The molecule has 0 spiro atoms. The predicted molar refractivity (Wildman–Crippen MR) is 54.2 cm³/mol. The van der Waals surface area contributed by atoms with Crippen LogP contribution in [0.4, 0.5) is 0 Å². The lowest BCUT2D eigenvalue weighted by Crippen LogP contribution is -2.08. The highest BCUT2D eigenvalue weighted by atomic mass is 16.5. The number of esters is 1. The van der Waals surface area contributed by atoms with E-state index < -0.39 is 5.97 Å². The Morgan fingerprint density at radius 1 is 1.62 bits per heavy atom. The molecule has 0 aliphatic heterocycles. The number of benzene rings is 1. The Hall–Kier alpha value is -2.35. The van der Waals surface area contributed by atoms with Gasteiger partial charge in [-0.3, -0.25) is 4.79 Å². The molecule has 1 rings (SSSR count). The van der Waals surface area contributed by atoms with Gasteiger partial charge in [0.25, 0.3) is 0 Å². The minimum atomic E-state index is -0.738. The number of rotatable bonds is 3. The normalized spacial score (nSPS) is 9.25. The highest BCUT2D eigenvalue weighted by Gasteiger charge is 2.17. The first-order valence-corrected chi connectivity index (χ1v) is 4.53. The average Bonchev–Trinajstić information content (AvgIpc) is 2.28. The van der Waals surface area contributed by atoms with Crippen molar-refractivity contribution in [2.45, 2.75) is 6.92 Å². The summed E-state index contributed by atoms with van der Waals surface area (Å²) in [6.45, 7) is 1.77. The van der Waals surface area contributed by atoms with E-state index in [0.29, 0.717) is 6.29 Å². The number of phenolic OH excluding ortho intramolecular Hbond substituents is 1. The summed E-state index contributed by atoms with van der Waals surface area (Å²) in [4.78, 5) is 22.1. The first-order chi connectivity index (χ1) is 7.63. The number of carbonyl (C=O) groups is 2. The van der Waals surface area contributed by atoms with Gasteiger partial charge in [0.15, 0.2) is 6.29 Å². The summed E-state index contributed by atoms with van der Waals surface area (Å²) in [6.07, 6.45) is 0.404. The Morgan fingerprint density at radius 3 is 2.81 bits per heavy atom. The molecule has 0 unspecified atom stereocenters. The van der Waals surface area contributed by atoms with Gasteiger partial charge in [-0.2, -0.15) is 5.26 Å². The van der Waals surface area contributed by atoms with Crippen molar-refractivity contribution in [1.29, 1.82) is 5.26 Å². The zero-order chi connectivity index (χ0) is 12.1. The van der Waals surface area contributed by atoms with Crippen molar-refractivity contribution in [3.05, 3.63) is 28.8 Å². The molecule has 5 heteroatoms. The predicted octanol–water partition coefficient (Wildman–Crippen LogP) is 1.25. The Morgan fingerprint density at radius 2 is 2.31 bits per heavy atom. The Balaban J connectivity index is 3.37. The maximum Gasteiger partial charge on any atom is 0.339 e. The van der Waals surface area contributed by atoms with Crippen LogP contribution in [0, 0.1) is 11.3 Å². The van der Waals surface area contributed by atoms with Crippen LogP contribution in [0.2, 0.25) is 0 Å². The number of hydrogen-bond donors (Lipinski definition) is 1. The van der Waals surface area contributed by atoms with Crippen LogP contribution in [0.3, 0.4) is 0 Å². The molecule has 0 bridgehead atoms. The van der Waals surface area contributed by atoms with Gasteiger partial charge in [0, 0.05) is 5.56 Å². The summed E-state index contributed by atoms with van der Waals surface area (Å²) in [5.41, 5.74) is -0.233. The van der Waals surface area contributed by atoms with Crippen LogP contribution in [-0.2, 0) is 4.74 Å². The zero-order valence-corrected chi connectivity index (χ0v) is 8.56. The van der Waals surface area contributed by atoms with Gasteiger partial charge >= 0.3 is 5.97 Å². The van der Waals surface area contributed by atoms with E-state index in [1.807, 2.05) is 0 Å². The lowest BCUT2D eigenvalue weighted by atomic mass is 10.0. The summed E-state index contributed by atoms with van der Waals surface area (Å²) < 4.78 is 4.71. The van der Waals surface area contributed by atoms with E-state index in [1.165, 1.54) is 0 Å². The highest BCUT2D eigenvalue weighted by molar-refractivity contribution is 5.96. The first-order valence-electron chi connectivity index (χ1n) is 4.53. The van der Waals surface area contributed by atoms with Gasteiger partial charge in [-0.1, -0.05) is 0 Å². The maximum atomic E-state index is 11.4. The number of nitrogens with zero attached hydrogens (tertiary/aromatic N) is 1. The fraction of sp³-hybridized carbons (Fsp3) is 0.182. The van der Waals surface area contributed by atoms with Crippen LogP contribution < -0.4 is 0 Å². The van der Waals surface area contributed by atoms with E-state index in [1.54, 1.807) is 13.0 Å². The molecule has 0 atom stereocenters. The molecular weight excluding hydrogens is 210 g/mol. The minimum absolute atomic E-state index is 0.0365. The molecule has 0 fully saturated rings. The summed E-state index contributed by atoms with van der Waals surface area (Å²) in [5.74, 6) is -0.998. The van der Waals surface area contributed by atoms with Crippen LogP contribution in [0.1, 0.15) is 33.2 Å². The second-order valence-corrected chi connectivity index (χ2v) is 2.91. The van der Waals surface area contributed by atoms with Crippen LogP contribution in [0.5, 0.6) is 5.75 Å². The number of hydrogen-bond acceptors (Lipinski definition) is 5. The van der Waals surface area contributed by atoms with Gasteiger partial charge in [-0.25, -0.2) is 4.79 Å². The molecule has 0 aromatic heterocycles. The molecule has 0 aliphatic carbocycles. The van der Waals surface area contributed by atoms with Gasteiger partial charge in [0.2, 0.25) is 0 Å². The van der Waals surface area contributed by atoms with Gasteiger partial charge in [-0.05, 0) is 19.1 Å². The molecule has 1 aromatic rings. The van der Waals surface area contributed by atoms with Gasteiger partial charge in [-0.15, -0.1) is 0 Å². The van der Waals surface area contributed by atoms with Crippen LogP contribution in [0.15, 0.2) is 12.1 Å². The van der Waals surface area contributed by atoms with Gasteiger partial charge in [0.05, 0.1) is 17.7 Å². The van der Waals surface area contributed by atoms with E-state index in [9.17, 15) is 14.7 Å². The standard InChI is InChI=1S/C11H9NO4/c1-2-16-11(15)9-4-8(14)3-7(6-13)10(9)5-12/h3-4,6,14H,2H2,1H3. The van der Waals surface area contributed by atoms with Gasteiger partial charge < -0.3 is 9.84 Å². The lowest BCUT2D eigenvalue weighted by molar-refractivity contribution is 0.0525. The monoisotopic (exact) mass is 219 g/mol. The van der Waals surface area contributed by atoms with Crippen molar-refractivity contribution >= 4 is 12.3 Å². The van der Waals surface area contributed by atoms with Gasteiger partial charge in [0.1, 0.15) is 11.8 Å². The van der Waals surface area contributed by atoms with E-state index in [2.05, 4.69) is 0 Å². The second kappa shape index (κ2) is 4.94. The number of aromatic hydroxyl groups is 1.